The highest BCUT2D eigenvalue weighted by Gasteiger charge is 2.10. The molecule has 5 heteroatoms. The van der Waals surface area contributed by atoms with E-state index in [4.69, 9.17) is 5.73 Å². The third-order valence-corrected chi connectivity index (χ3v) is 3.80. The highest BCUT2D eigenvalue weighted by molar-refractivity contribution is 7.99. The minimum absolute atomic E-state index is 0.0258. The molecule has 1 aromatic heterocycles. The quantitative estimate of drug-likeness (QED) is 0.840. The third-order valence-electron chi connectivity index (χ3n) is 2.65. The molecule has 1 unspecified atom stereocenters. The van der Waals surface area contributed by atoms with Crippen LogP contribution in [-0.4, -0.2) is 20.5 Å². The highest BCUT2D eigenvalue weighted by Crippen LogP contribution is 2.22. The van der Waals surface area contributed by atoms with E-state index in [1.807, 2.05) is 23.7 Å². The van der Waals surface area contributed by atoms with Crippen LogP contribution in [0.25, 0.3) is 0 Å². The maximum atomic E-state index is 6.18. The molecule has 17 heavy (non-hydrogen) atoms. The molecule has 0 aliphatic carbocycles. The monoisotopic (exact) mass is 248 g/mol. The van der Waals surface area contributed by atoms with Gasteiger partial charge in [-0.05, 0) is 18.1 Å². The van der Waals surface area contributed by atoms with Crippen molar-refractivity contribution in [3.8, 4) is 0 Å². The van der Waals surface area contributed by atoms with Crippen molar-refractivity contribution in [2.24, 2.45) is 12.8 Å². The topological polar surface area (TPSA) is 56.7 Å². The van der Waals surface area contributed by atoms with Crippen molar-refractivity contribution in [1.82, 2.24) is 14.8 Å². The van der Waals surface area contributed by atoms with Crippen LogP contribution >= 0.6 is 11.8 Å². The lowest BCUT2D eigenvalue weighted by molar-refractivity contribution is 0.776. The van der Waals surface area contributed by atoms with Crippen molar-refractivity contribution in [3.63, 3.8) is 0 Å². The summed E-state index contributed by atoms with van der Waals surface area (Å²) in [4.78, 5) is 0. The summed E-state index contributed by atoms with van der Waals surface area (Å²) in [6, 6.07) is 8.24. The molecule has 4 nitrogen and oxygen atoms in total. The second-order valence-electron chi connectivity index (χ2n) is 4.00. The van der Waals surface area contributed by atoms with Crippen molar-refractivity contribution in [2.75, 3.05) is 5.75 Å². The van der Waals surface area contributed by atoms with E-state index in [0.29, 0.717) is 0 Å². The Morgan fingerprint density at radius 3 is 2.82 bits per heavy atom. The molecule has 1 heterocycles. The fraction of sp³-hybridized carbons (Fsp3) is 0.333. The Morgan fingerprint density at radius 1 is 1.41 bits per heavy atom. The van der Waals surface area contributed by atoms with Gasteiger partial charge in [0.2, 0.25) is 0 Å². The molecule has 1 aromatic carbocycles. The average molecular weight is 248 g/mol. The van der Waals surface area contributed by atoms with Crippen molar-refractivity contribution >= 4 is 11.8 Å². The van der Waals surface area contributed by atoms with E-state index < -0.39 is 0 Å². The molecular formula is C12H16N4S. The summed E-state index contributed by atoms with van der Waals surface area (Å²) in [6.45, 7) is 2.09. The van der Waals surface area contributed by atoms with Crippen LogP contribution in [-0.2, 0) is 7.05 Å². The Morgan fingerprint density at radius 2 is 2.18 bits per heavy atom. The van der Waals surface area contributed by atoms with Gasteiger partial charge in [-0.25, -0.2) is 0 Å². The van der Waals surface area contributed by atoms with Crippen LogP contribution in [0.1, 0.15) is 17.2 Å². The van der Waals surface area contributed by atoms with Crippen molar-refractivity contribution < 1.29 is 0 Å². The summed E-state index contributed by atoms with van der Waals surface area (Å²) < 4.78 is 1.90. The molecule has 0 saturated heterocycles. The number of aromatic nitrogens is 3. The highest BCUT2D eigenvalue weighted by atomic mass is 32.2. The molecule has 0 bridgehead atoms. The summed E-state index contributed by atoms with van der Waals surface area (Å²) in [5.41, 5.74) is 8.62. The predicted octanol–water partition coefficient (Wildman–Crippen LogP) is 1.92. The molecule has 2 rings (SSSR count). The van der Waals surface area contributed by atoms with Crippen LogP contribution < -0.4 is 5.73 Å². The molecule has 0 radical (unpaired) electrons. The summed E-state index contributed by atoms with van der Waals surface area (Å²) >= 11 is 1.63. The van der Waals surface area contributed by atoms with Crippen molar-refractivity contribution in [1.29, 1.82) is 0 Å². The van der Waals surface area contributed by atoms with Gasteiger partial charge in [0.05, 0.1) is 0 Å². The molecule has 0 saturated carbocycles. The number of nitrogens with two attached hydrogens (primary N) is 1. The van der Waals surface area contributed by atoms with E-state index in [2.05, 4.69) is 29.3 Å². The average Bonchev–Trinajstić information content (AvgIpc) is 2.72. The summed E-state index contributed by atoms with van der Waals surface area (Å²) in [6.07, 6.45) is 1.70. The Hall–Kier alpha value is -1.33. The fourth-order valence-electron chi connectivity index (χ4n) is 1.66. The van der Waals surface area contributed by atoms with Crippen LogP contribution in [0.5, 0.6) is 0 Å². The van der Waals surface area contributed by atoms with Crippen LogP contribution in [0.3, 0.4) is 0 Å². The zero-order valence-electron chi connectivity index (χ0n) is 10.00. The van der Waals surface area contributed by atoms with Crippen molar-refractivity contribution in [3.05, 3.63) is 41.7 Å². The first-order chi connectivity index (χ1) is 8.18. The smallest absolute Gasteiger partial charge is 0.190 e. The Balaban J connectivity index is 2.01. The number of hydrogen-bond donors (Lipinski definition) is 1. The van der Waals surface area contributed by atoms with Gasteiger partial charge in [-0.3, -0.25) is 0 Å². The lowest BCUT2D eigenvalue weighted by Crippen LogP contribution is -2.14. The van der Waals surface area contributed by atoms with Crippen LogP contribution in [0.4, 0.5) is 0 Å². The van der Waals surface area contributed by atoms with E-state index in [1.54, 1.807) is 18.1 Å². The van der Waals surface area contributed by atoms with Gasteiger partial charge in [-0.1, -0.05) is 36.0 Å². The SMILES string of the molecule is Cc1ccccc1C(N)CSc1nncn1C. The van der Waals surface area contributed by atoms with Gasteiger partial charge in [0.1, 0.15) is 6.33 Å². The first kappa shape index (κ1) is 12.1. The Bertz CT molecular complexity index is 495. The molecule has 0 fully saturated rings. The summed E-state index contributed by atoms with van der Waals surface area (Å²) in [5, 5.41) is 8.76. The number of nitrogens with zero attached hydrogens (tertiary/aromatic N) is 3. The first-order valence-electron chi connectivity index (χ1n) is 5.46. The second kappa shape index (κ2) is 5.33. The number of benzene rings is 1. The standard InChI is InChI=1S/C12H16N4S/c1-9-5-3-4-6-10(9)11(13)7-17-12-15-14-8-16(12)2/h3-6,8,11H,7,13H2,1-2H3. The Kier molecular flexibility index (Phi) is 3.81. The number of aryl methyl sites for hydroxylation is 2. The molecule has 2 N–H and O–H groups in total. The molecule has 0 aliphatic heterocycles. The van der Waals surface area contributed by atoms with Crippen LogP contribution in [0.2, 0.25) is 0 Å². The predicted molar refractivity (Wildman–Crippen MR) is 69.8 cm³/mol. The van der Waals surface area contributed by atoms with Gasteiger partial charge in [0.15, 0.2) is 5.16 Å². The largest absolute Gasteiger partial charge is 0.323 e. The van der Waals surface area contributed by atoms with Crippen LogP contribution in [0.15, 0.2) is 35.7 Å². The molecule has 0 spiro atoms. The lowest BCUT2D eigenvalue weighted by Gasteiger charge is -2.13. The molecule has 0 aliphatic rings. The van der Waals surface area contributed by atoms with Crippen molar-refractivity contribution in [2.45, 2.75) is 18.1 Å². The minimum atomic E-state index is 0.0258. The van der Waals surface area contributed by atoms with Gasteiger partial charge in [-0.2, -0.15) is 0 Å². The van der Waals surface area contributed by atoms with Gasteiger partial charge >= 0.3 is 0 Å². The maximum Gasteiger partial charge on any atom is 0.190 e. The van der Waals surface area contributed by atoms with E-state index in [0.717, 1.165) is 10.9 Å². The molecule has 1 atom stereocenters. The van der Waals surface area contributed by atoms with Gasteiger partial charge in [-0.15, -0.1) is 10.2 Å². The van der Waals surface area contributed by atoms with Gasteiger partial charge < -0.3 is 10.3 Å². The first-order valence-corrected chi connectivity index (χ1v) is 6.45. The zero-order valence-corrected chi connectivity index (χ0v) is 10.8. The van der Waals surface area contributed by atoms with E-state index in [9.17, 15) is 0 Å². The number of rotatable bonds is 4. The minimum Gasteiger partial charge on any atom is -0.323 e. The van der Waals surface area contributed by atoms with Gasteiger partial charge in [0, 0.05) is 18.8 Å². The second-order valence-corrected chi connectivity index (χ2v) is 4.99. The number of hydrogen-bond acceptors (Lipinski definition) is 4. The molecule has 90 valence electrons. The lowest BCUT2D eigenvalue weighted by atomic mass is 10.0. The van der Waals surface area contributed by atoms with E-state index in [-0.39, 0.29) is 6.04 Å². The third kappa shape index (κ3) is 2.87. The van der Waals surface area contributed by atoms with E-state index in [1.165, 1.54) is 11.1 Å². The molecular weight excluding hydrogens is 232 g/mol. The molecule has 0 amide bonds. The Labute approximate surface area is 105 Å². The number of thioether (sulfide) groups is 1. The molecule has 2 aromatic rings. The zero-order chi connectivity index (χ0) is 12.3. The van der Waals surface area contributed by atoms with Gasteiger partial charge in [0.25, 0.3) is 0 Å². The maximum absolute atomic E-state index is 6.18. The van der Waals surface area contributed by atoms with E-state index >= 15 is 0 Å². The fourth-order valence-corrected chi connectivity index (χ4v) is 2.52. The van der Waals surface area contributed by atoms with Crippen LogP contribution in [0, 0.1) is 6.92 Å². The normalized spacial score (nSPS) is 12.6. The summed E-state index contributed by atoms with van der Waals surface area (Å²) in [5.74, 6) is 0.803. The summed E-state index contributed by atoms with van der Waals surface area (Å²) in [7, 11) is 1.93.